The Morgan fingerprint density at radius 1 is 0.795 bits per heavy atom. The van der Waals surface area contributed by atoms with Crippen LogP contribution in [0.5, 0.6) is 0 Å². The second kappa shape index (κ2) is 10.9. The normalized spacial score (nSPS) is 13.0. The van der Waals surface area contributed by atoms with Gasteiger partial charge in [-0.25, -0.2) is 4.79 Å². The number of fused-ring (bicyclic) bond motifs is 1. The molecule has 5 rings (SSSR count). The van der Waals surface area contributed by atoms with Crippen molar-refractivity contribution >= 4 is 45.9 Å². The van der Waals surface area contributed by atoms with Crippen molar-refractivity contribution in [2.75, 3.05) is 36.8 Å². The lowest BCUT2D eigenvalue weighted by atomic mass is 10.1. The fourth-order valence-corrected chi connectivity index (χ4v) is 4.49. The van der Waals surface area contributed by atoms with E-state index < -0.39 is 17.7 Å². The molecule has 1 aliphatic heterocycles. The third kappa shape index (κ3) is 5.33. The first-order chi connectivity index (χ1) is 18.9. The van der Waals surface area contributed by atoms with E-state index in [4.69, 9.17) is 5.26 Å². The zero-order chi connectivity index (χ0) is 27.4. The summed E-state index contributed by atoms with van der Waals surface area (Å²) in [6.07, 6.45) is 1.46. The molecule has 0 aliphatic carbocycles. The highest BCUT2D eigenvalue weighted by Gasteiger charge is 2.30. The molecule has 10 heteroatoms. The van der Waals surface area contributed by atoms with Gasteiger partial charge in [-0.15, -0.1) is 0 Å². The van der Waals surface area contributed by atoms with Crippen LogP contribution in [0.2, 0.25) is 0 Å². The van der Waals surface area contributed by atoms with Crippen LogP contribution in [0.3, 0.4) is 0 Å². The summed E-state index contributed by atoms with van der Waals surface area (Å²) in [6, 6.07) is 21.9. The molecule has 0 bridgehead atoms. The molecule has 0 radical (unpaired) electrons. The molecule has 1 fully saturated rings. The van der Waals surface area contributed by atoms with Crippen molar-refractivity contribution in [1.82, 2.24) is 14.8 Å². The van der Waals surface area contributed by atoms with Crippen molar-refractivity contribution in [3.8, 4) is 6.07 Å². The Kier molecular flexibility index (Phi) is 7.05. The number of aromatic amines is 1. The van der Waals surface area contributed by atoms with Gasteiger partial charge in [-0.05, 0) is 42.5 Å². The van der Waals surface area contributed by atoms with E-state index in [0.717, 1.165) is 0 Å². The monoisotopic (exact) mass is 520 g/mol. The summed E-state index contributed by atoms with van der Waals surface area (Å²) < 4.78 is 0. The molecular formula is C29H24N6O4. The van der Waals surface area contributed by atoms with E-state index in [1.807, 2.05) is 12.1 Å². The van der Waals surface area contributed by atoms with Gasteiger partial charge in [-0.2, -0.15) is 5.26 Å². The largest absolute Gasteiger partial charge is 0.359 e. The minimum atomic E-state index is -0.664. The second-order valence-electron chi connectivity index (χ2n) is 8.98. The highest BCUT2D eigenvalue weighted by molar-refractivity contribution is 6.45. The number of hydrogen-bond acceptors (Lipinski definition) is 5. The number of piperazine rings is 1. The number of nitrogens with zero attached hydrogens (tertiary/aromatic N) is 3. The van der Waals surface area contributed by atoms with Crippen LogP contribution in [0.25, 0.3) is 10.9 Å². The highest BCUT2D eigenvalue weighted by Crippen LogP contribution is 2.26. The molecule has 0 unspecified atom stereocenters. The van der Waals surface area contributed by atoms with E-state index in [0.29, 0.717) is 46.5 Å². The molecule has 0 spiro atoms. The summed E-state index contributed by atoms with van der Waals surface area (Å²) >= 11 is 0. The summed E-state index contributed by atoms with van der Waals surface area (Å²) in [5.41, 5.74) is 2.71. The van der Waals surface area contributed by atoms with Crippen molar-refractivity contribution in [1.29, 1.82) is 5.26 Å². The molecule has 4 aromatic rings. The Morgan fingerprint density at radius 3 is 2.18 bits per heavy atom. The number of hydrogen-bond donors (Lipinski definition) is 3. The van der Waals surface area contributed by atoms with Crippen LogP contribution < -0.4 is 10.6 Å². The van der Waals surface area contributed by atoms with E-state index >= 15 is 0 Å². The topological polar surface area (TPSA) is 138 Å². The number of carbonyl (C=O) groups is 4. The lowest BCUT2D eigenvalue weighted by molar-refractivity contribution is -0.127. The summed E-state index contributed by atoms with van der Waals surface area (Å²) in [4.78, 5) is 57.6. The van der Waals surface area contributed by atoms with E-state index in [1.54, 1.807) is 71.6 Å². The molecule has 4 amide bonds. The molecule has 1 aromatic heterocycles. The quantitative estimate of drug-likeness (QED) is 0.271. The molecule has 0 atom stereocenters. The fourth-order valence-electron chi connectivity index (χ4n) is 4.49. The van der Waals surface area contributed by atoms with Crippen LogP contribution in [0.4, 0.5) is 16.2 Å². The maximum Gasteiger partial charge on any atom is 0.323 e. The fraction of sp³-hybridized carbons (Fsp3) is 0.138. The number of H-pyrrole nitrogens is 1. The number of urea groups is 1. The molecular weight excluding hydrogens is 496 g/mol. The van der Waals surface area contributed by atoms with Gasteiger partial charge >= 0.3 is 6.03 Å². The Bertz CT molecular complexity index is 1600. The van der Waals surface area contributed by atoms with Crippen molar-refractivity contribution in [2.24, 2.45) is 0 Å². The molecule has 0 saturated carbocycles. The van der Waals surface area contributed by atoms with Crippen molar-refractivity contribution in [3.63, 3.8) is 0 Å². The molecule has 3 aromatic carbocycles. The Labute approximate surface area is 223 Å². The van der Waals surface area contributed by atoms with Gasteiger partial charge < -0.3 is 25.4 Å². The van der Waals surface area contributed by atoms with Crippen molar-refractivity contribution < 1.29 is 19.2 Å². The smallest absolute Gasteiger partial charge is 0.323 e. The molecule has 10 nitrogen and oxygen atoms in total. The van der Waals surface area contributed by atoms with Crippen molar-refractivity contribution in [3.05, 3.63) is 95.7 Å². The number of para-hydroxylation sites is 1. The predicted molar refractivity (Wildman–Crippen MR) is 145 cm³/mol. The average molecular weight is 521 g/mol. The molecule has 1 saturated heterocycles. The first-order valence-electron chi connectivity index (χ1n) is 12.3. The number of aromatic nitrogens is 1. The van der Waals surface area contributed by atoms with Gasteiger partial charge in [0.05, 0.1) is 28.4 Å². The van der Waals surface area contributed by atoms with Gasteiger partial charge in [-0.1, -0.05) is 30.3 Å². The van der Waals surface area contributed by atoms with Crippen LogP contribution in [-0.2, 0) is 4.79 Å². The number of carbonyl (C=O) groups excluding carboxylic acids is 4. The number of rotatable bonds is 5. The lowest BCUT2D eigenvalue weighted by Crippen LogP contribution is -2.52. The Morgan fingerprint density at radius 2 is 1.49 bits per heavy atom. The summed E-state index contributed by atoms with van der Waals surface area (Å²) in [5.74, 6) is -1.41. The molecule has 2 heterocycles. The summed E-state index contributed by atoms with van der Waals surface area (Å²) in [7, 11) is 0. The zero-order valence-corrected chi connectivity index (χ0v) is 20.8. The number of Topliss-reactive ketones (excluding diaryl/α,β-unsaturated/α-hetero) is 1. The minimum Gasteiger partial charge on any atom is -0.359 e. The summed E-state index contributed by atoms with van der Waals surface area (Å²) in [6.45, 7) is 1.19. The minimum absolute atomic E-state index is 0.103. The molecule has 194 valence electrons. The third-order valence-corrected chi connectivity index (χ3v) is 6.55. The van der Waals surface area contributed by atoms with Gasteiger partial charge in [0.2, 0.25) is 0 Å². The maximum atomic E-state index is 13.2. The van der Waals surface area contributed by atoms with E-state index in [2.05, 4.69) is 15.6 Å². The molecule has 3 N–H and O–H groups in total. The standard InChI is InChI=1S/C29H24N6O4/c30-17-19-9-11-21(12-10-19)32-29(39)33-24-8-4-7-22-23(18-31-25(22)24)26(36)28(38)35-15-13-34(14-16-35)27(37)20-5-2-1-3-6-20/h1-12,18,31H,13-16H2,(H2,32,33,39). The Hall–Kier alpha value is -5.43. The van der Waals surface area contributed by atoms with Crippen LogP contribution >= 0.6 is 0 Å². The SMILES string of the molecule is N#Cc1ccc(NC(=O)Nc2cccc3c(C(=O)C(=O)N4CCN(C(=O)c5ccccc5)CC4)c[nH]c23)cc1. The van der Waals surface area contributed by atoms with Crippen LogP contribution in [0.1, 0.15) is 26.3 Å². The predicted octanol–water partition coefficient (Wildman–Crippen LogP) is 3.85. The first-order valence-corrected chi connectivity index (χ1v) is 12.3. The van der Waals surface area contributed by atoms with E-state index in [1.165, 1.54) is 11.1 Å². The van der Waals surface area contributed by atoms with Crippen LogP contribution in [0.15, 0.2) is 79.0 Å². The van der Waals surface area contributed by atoms with E-state index in [-0.39, 0.29) is 24.6 Å². The van der Waals surface area contributed by atoms with Crippen LogP contribution in [0, 0.1) is 11.3 Å². The van der Waals surface area contributed by atoms with Gasteiger partial charge in [0.15, 0.2) is 0 Å². The maximum absolute atomic E-state index is 13.2. The number of ketones is 1. The second-order valence-corrected chi connectivity index (χ2v) is 8.98. The first kappa shape index (κ1) is 25.2. The van der Waals surface area contributed by atoms with Gasteiger partial charge in [-0.3, -0.25) is 14.4 Å². The zero-order valence-electron chi connectivity index (χ0n) is 20.8. The number of nitrogens with one attached hydrogen (secondary N) is 3. The average Bonchev–Trinajstić information content (AvgIpc) is 3.42. The van der Waals surface area contributed by atoms with Gasteiger partial charge in [0, 0.05) is 49.0 Å². The van der Waals surface area contributed by atoms with Crippen molar-refractivity contribution in [2.45, 2.75) is 0 Å². The third-order valence-electron chi connectivity index (χ3n) is 6.55. The van der Waals surface area contributed by atoms with Crippen LogP contribution in [-0.4, -0.2) is 64.6 Å². The molecule has 39 heavy (non-hydrogen) atoms. The highest BCUT2D eigenvalue weighted by atomic mass is 16.2. The van der Waals surface area contributed by atoms with Gasteiger partial charge in [0.25, 0.3) is 17.6 Å². The molecule has 1 aliphatic rings. The summed E-state index contributed by atoms with van der Waals surface area (Å²) in [5, 5.41) is 14.8. The number of nitriles is 1. The number of benzene rings is 3. The number of anilines is 2. The Balaban J connectivity index is 1.24. The number of amides is 4. The lowest BCUT2D eigenvalue weighted by Gasteiger charge is -2.34. The van der Waals surface area contributed by atoms with E-state index in [9.17, 15) is 19.2 Å². The van der Waals surface area contributed by atoms with Gasteiger partial charge in [0.1, 0.15) is 0 Å².